The van der Waals surface area contributed by atoms with Gasteiger partial charge in [-0.15, -0.1) is 0 Å². The first kappa shape index (κ1) is 16.3. The van der Waals surface area contributed by atoms with E-state index in [1.165, 1.54) is 42.5 Å². The number of nitrogens with one attached hydrogen (secondary N) is 2. The number of fused-ring (bicyclic) bond motifs is 1. The largest absolute Gasteiger partial charge is 0.482 e. The fourth-order valence-electron chi connectivity index (χ4n) is 2.08. The molecule has 0 atom stereocenters. The molecule has 0 saturated carbocycles. The van der Waals surface area contributed by atoms with Gasteiger partial charge in [-0.3, -0.25) is 9.59 Å². The first-order valence-corrected chi connectivity index (χ1v) is 8.61. The van der Waals surface area contributed by atoms with Crippen LogP contribution in [-0.2, 0) is 14.8 Å². The van der Waals surface area contributed by atoms with Crippen molar-refractivity contribution in [1.29, 1.82) is 0 Å². The van der Waals surface area contributed by atoms with E-state index >= 15 is 0 Å². The van der Waals surface area contributed by atoms with Crippen LogP contribution in [0, 0.1) is 0 Å². The molecule has 0 aromatic heterocycles. The Morgan fingerprint density at radius 1 is 1.17 bits per heavy atom. The molecule has 9 heteroatoms. The highest BCUT2D eigenvalue weighted by Gasteiger charge is 2.21. The molecule has 2 aromatic carbocycles. The summed E-state index contributed by atoms with van der Waals surface area (Å²) in [7, 11) is -4.03. The number of anilines is 1. The average Bonchev–Trinajstić information content (AvgIpc) is 2.54. The van der Waals surface area contributed by atoms with Crippen LogP contribution in [0.4, 0.5) is 5.69 Å². The van der Waals surface area contributed by atoms with Gasteiger partial charge in [0.05, 0.1) is 10.6 Å². The number of carbonyl (C=O) groups excluding carboxylic acids is 2. The fraction of sp³-hybridized carbons (Fsp3) is 0.0667. The fourth-order valence-corrected chi connectivity index (χ4v) is 3.18. The number of benzene rings is 2. The molecule has 1 aliphatic heterocycles. The summed E-state index contributed by atoms with van der Waals surface area (Å²) in [5, 5.41) is 2.93. The first-order chi connectivity index (χ1) is 11.3. The minimum atomic E-state index is -4.03. The van der Waals surface area contributed by atoms with E-state index in [1.807, 2.05) is 4.72 Å². The van der Waals surface area contributed by atoms with Crippen LogP contribution in [0.15, 0.2) is 47.4 Å². The van der Waals surface area contributed by atoms with Crippen molar-refractivity contribution in [2.75, 3.05) is 11.9 Å². The van der Waals surface area contributed by atoms with Crippen molar-refractivity contribution >= 4 is 39.1 Å². The summed E-state index contributed by atoms with van der Waals surface area (Å²) in [6, 6.07) is 9.64. The molecule has 2 amide bonds. The molecule has 0 spiro atoms. The summed E-state index contributed by atoms with van der Waals surface area (Å²) >= 11 is 5.71. The zero-order valence-electron chi connectivity index (χ0n) is 12.1. The lowest BCUT2D eigenvalue weighted by Crippen LogP contribution is -2.31. The summed E-state index contributed by atoms with van der Waals surface area (Å²) in [5.74, 6) is -0.770. The molecule has 0 saturated heterocycles. The summed E-state index contributed by atoms with van der Waals surface area (Å²) in [4.78, 5) is 23.4. The molecular weight excluding hydrogens is 356 g/mol. The van der Waals surface area contributed by atoms with Crippen LogP contribution >= 0.6 is 11.6 Å². The monoisotopic (exact) mass is 366 g/mol. The van der Waals surface area contributed by atoms with Gasteiger partial charge in [-0.25, -0.2) is 13.1 Å². The summed E-state index contributed by atoms with van der Waals surface area (Å²) < 4.78 is 31.5. The van der Waals surface area contributed by atoms with Gasteiger partial charge in [0.1, 0.15) is 5.75 Å². The molecule has 1 heterocycles. The van der Waals surface area contributed by atoms with Crippen LogP contribution < -0.4 is 14.8 Å². The van der Waals surface area contributed by atoms with E-state index < -0.39 is 15.9 Å². The van der Waals surface area contributed by atoms with Crippen molar-refractivity contribution in [2.45, 2.75) is 4.90 Å². The van der Waals surface area contributed by atoms with Gasteiger partial charge >= 0.3 is 0 Å². The number of sulfonamides is 1. The summed E-state index contributed by atoms with van der Waals surface area (Å²) in [6.07, 6.45) is 0. The predicted molar refractivity (Wildman–Crippen MR) is 86.7 cm³/mol. The van der Waals surface area contributed by atoms with E-state index in [9.17, 15) is 18.0 Å². The molecule has 2 N–H and O–H groups in total. The quantitative estimate of drug-likeness (QED) is 0.862. The van der Waals surface area contributed by atoms with Crippen LogP contribution in [-0.4, -0.2) is 26.8 Å². The number of carbonyl (C=O) groups is 2. The number of amides is 2. The molecule has 0 aliphatic carbocycles. The minimum absolute atomic E-state index is 0.0667. The smallest absolute Gasteiger partial charge is 0.265 e. The molecule has 24 heavy (non-hydrogen) atoms. The van der Waals surface area contributed by atoms with Gasteiger partial charge < -0.3 is 10.1 Å². The van der Waals surface area contributed by atoms with Gasteiger partial charge in [0.25, 0.3) is 21.8 Å². The Bertz CT molecular complexity index is 925. The van der Waals surface area contributed by atoms with E-state index in [1.54, 1.807) is 0 Å². The Labute approximate surface area is 142 Å². The third-order valence-corrected chi connectivity index (χ3v) is 4.82. The highest BCUT2D eigenvalue weighted by molar-refractivity contribution is 7.90. The highest BCUT2D eigenvalue weighted by atomic mass is 35.5. The first-order valence-electron chi connectivity index (χ1n) is 6.74. The lowest BCUT2D eigenvalue weighted by Gasteiger charge is -2.18. The maximum Gasteiger partial charge on any atom is 0.265 e. The van der Waals surface area contributed by atoms with Crippen molar-refractivity contribution in [3.63, 3.8) is 0 Å². The number of halogens is 1. The maximum absolute atomic E-state index is 12.2. The average molecular weight is 367 g/mol. The van der Waals surface area contributed by atoms with Gasteiger partial charge in [-0.05, 0) is 42.5 Å². The molecule has 124 valence electrons. The van der Waals surface area contributed by atoms with E-state index in [-0.39, 0.29) is 23.0 Å². The second-order valence-electron chi connectivity index (χ2n) is 4.94. The Balaban J connectivity index is 1.83. The Kier molecular flexibility index (Phi) is 4.16. The van der Waals surface area contributed by atoms with Crippen LogP contribution in [0.3, 0.4) is 0 Å². The summed E-state index contributed by atoms with van der Waals surface area (Å²) in [5.41, 5.74) is 0.375. The number of hydrogen-bond acceptors (Lipinski definition) is 5. The second-order valence-corrected chi connectivity index (χ2v) is 7.06. The highest BCUT2D eigenvalue weighted by Crippen LogP contribution is 2.28. The normalized spacial score (nSPS) is 13.5. The third kappa shape index (κ3) is 3.34. The molecule has 0 fully saturated rings. The van der Waals surface area contributed by atoms with Crippen LogP contribution in [0.25, 0.3) is 0 Å². The Morgan fingerprint density at radius 2 is 1.88 bits per heavy atom. The third-order valence-electron chi connectivity index (χ3n) is 3.23. The number of ether oxygens (including phenoxy) is 1. The number of rotatable bonds is 3. The molecule has 0 unspecified atom stereocenters. The Hall–Kier alpha value is -2.58. The van der Waals surface area contributed by atoms with Crippen LogP contribution in [0.1, 0.15) is 10.4 Å². The minimum Gasteiger partial charge on any atom is -0.482 e. The van der Waals surface area contributed by atoms with Crippen molar-refractivity contribution in [1.82, 2.24) is 4.72 Å². The predicted octanol–water partition coefficient (Wildman–Crippen LogP) is 1.79. The SMILES string of the molecule is O=C1COc2ccc(C(=O)NS(=O)(=O)c3ccc(Cl)cc3)cc2N1. The van der Waals surface area contributed by atoms with Gasteiger partial charge in [0.15, 0.2) is 6.61 Å². The van der Waals surface area contributed by atoms with E-state index in [4.69, 9.17) is 16.3 Å². The molecule has 0 bridgehead atoms. The molecule has 7 nitrogen and oxygen atoms in total. The second kappa shape index (κ2) is 6.14. The van der Waals surface area contributed by atoms with Crippen molar-refractivity contribution in [2.24, 2.45) is 0 Å². The van der Waals surface area contributed by atoms with E-state index in [2.05, 4.69) is 5.32 Å². The maximum atomic E-state index is 12.2. The van der Waals surface area contributed by atoms with Gasteiger partial charge in [0.2, 0.25) is 0 Å². The lowest BCUT2D eigenvalue weighted by atomic mass is 10.1. The molecular formula is C15H11ClN2O5S. The summed E-state index contributed by atoms with van der Waals surface area (Å²) in [6.45, 7) is -0.108. The van der Waals surface area contributed by atoms with E-state index in [0.29, 0.717) is 16.5 Å². The number of hydrogen-bond donors (Lipinski definition) is 2. The van der Waals surface area contributed by atoms with Crippen molar-refractivity contribution in [3.8, 4) is 5.75 Å². The van der Waals surface area contributed by atoms with Crippen LogP contribution in [0.2, 0.25) is 5.02 Å². The van der Waals surface area contributed by atoms with Crippen LogP contribution in [0.5, 0.6) is 5.75 Å². The van der Waals surface area contributed by atoms with Gasteiger partial charge in [-0.2, -0.15) is 0 Å². The Morgan fingerprint density at radius 3 is 2.58 bits per heavy atom. The van der Waals surface area contributed by atoms with Crippen molar-refractivity contribution in [3.05, 3.63) is 53.1 Å². The standard InChI is InChI=1S/C15H11ClN2O5S/c16-10-2-4-11(5-3-10)24(21,22)18-15(20)9-1-6-13-12(7-9)17-14(19)8-23-13/h1-7H,8H2,(H,17,19)(H,18,20). The molecule has 2 aromatic rings. The molecule has 0 radical (unpaired) electrons. The van der Waals surface area contributed by atoms with Crippen molar-refractivity contribution < 1.29 is 22.7 Å². The van der Waals surface area contributed by atoms with E-state index in [0.717, 1.165) is 0 Å². The lowest BCUT2D eigenvalue weighted by molar-refractivity contribution is -0.118. The zero-order chi connectivity index (χ0) is 17.3. The van der Waals surface area contributed by atoms with Gasteiger partial charge in [0, 0.05) is 10.6 Å². The zero-order valence-corrected chi connectivity index (χ0v) is 13.6. The molecule has 3 rings (SSSR count). The van der Waals surface area contributed by atoms with Gasteiger partial charge in [-0.1, -0.05) is 11.6 Å². The molecule has 1 aliphatic rings. The topological polar surface area (TPSA) is 102 Å².